The van der Waals surface area contributed by atoms with Crippen LogP contribution in [0, 0.1) is 0 Å². The van der Waals surface area contributed by atoms with Crippen molar-refractivity contribution < 1.29 is 14.3 Å². The van der Waals surface area contributed by atoms with Gasteiger partial charge in [-0.1, -0.05) is 0 Å². The number of hydrogen-bond acceptors (Lipinski definition) is 4. The Balaban J connectivity index is 0.00000264. The summed E-state index contributed by atoms with van der Waals surface area (Å²) in [7, 11) is 3.43. The fourth-order valence-corrected chi connectivity index (χ4v) is 2.72. The Morgan fingerprint density at radius 1 is 1.17 bits per heavy atom. The number of halogens is 1. The average molecular weight is 341 g/mol. The van der Waals surface area contributed by atoms with E-state index in [2.05, 4.69) is 5.32 Å². The van der Waals surface area contributed by atoms with E-state index >= 15 is 0 Å². The van der Waals surface area contributed by atoms with E-state index in [0.29, 0.717) is 11.6 Å². The lowest BCUT2D eigenvalue weighted by atomic mass is 10.0. The molecule has 0 atom stereocenters. The second-order valence-electron chi connectivity index (χ2n) is 5.64. The van der Waals surface area contributed by atoms with Crippen molar-refractivity contribution in [2.24, 2.45) is 0 Å². The van der Waals surface area contributed by atoms with Crippen molar-refractivity contribution in [2.45, 2.75) is 31.7 Å². The molecule has 0 saturated carbocycles. The zero-order valence-corrected chi connectivity index (χ0v) is 14.5. The number of piperidine rings is 1. The number of nitrogens with zero attached hydrogens (tertiary/aromatic N) is 1. The molecule has 0 radical (unpaired) electrons. The Labute approximate surface area is 143 Å². The molecule has 0 aromatic heterocycles. The molecule has 1 aromatic carbocycles. The quantitative estimate of drug-likeness (QED) is 0.807. The molecule has 0 unspecified atom stereocenters. The Hall–Kier alpha value is -1.59. The molecule has 6 heteroatoms. The standard InChI is InChI=1S/C17H24N2O3.ClH/c1-19(14-9-11-18-12-10-14)17(21)8-7-16(20)13-3-5-15(22-2)6-4-13;/h3-6,14,18H,7-12H2,1-2H3;1H. The van der Waals surface area contributed by atoms with E-state index in [9.17, 15) is 9.59 Å². The third kappa shape index (κ3) is 5.52. The zero-order chi connectivity index (χ0) is 15.9. The molecular formula is C17H25ClN2O3. The number of rotatable bonds is 6. The van der Waals surface area contributed by atoms with Crippen LogP contribution in [0.15, 0.2) is 24.3 Å². The van der Waals surface area contributed by atoms with Crippen LogP contribution in [-0.2, 0) is 4.79 Å². The van der Waals surface area contributed by atoms with Gasteiger partial charge in [0.1, 0.15) is 5.75 Å². The largest absolute Gasteiger partial charge is 0.497 e. The first kappa shape index (κ1) is 19.5. The molecule has 5 nitrogen and oxygen atoms in total. The van der Waals surface area contributed by atoms with Crippen LogP contribution >= 0.6 is 12.4 Å². The summed E-state index contributed by atoms with van der Waals surface area (Å²) >= 11 is 0. The van der Waals surface area contributed by atoms with Crippen LogP contribution in [0.25, 0.3) is 0 Å². The number of methoxy groups -OCH3 is 1. The average Bonchev–Trinajstić information content (AvgIpc) is 2.59. The lowest BCUT2D eigenvalue weighted by Gasteiger charge is -2.31. The summed E-state index contributed by atoms with van der Waals surface area (Å²) in [5.41, 5.74) is 0.623. The molecule has 2 rings (SSSR count). The third-order valence-electron chi connectivity index (χ3n) is 4.23. The van der Waals surface area contributed by atoms with Crippen LogP contribution in [0.1, 0.15) is 36.0 Å². The summed E-state index contributed by atoms with van der Waals surface area (Å²) in [5, 5.41) is 3.29. The summed E-state index contributed by atoms with van der Waals surface area (Å²) < 4.78 is 5.07. The highest BCUT2D eigenvalue weighted by atomic mass is 35.5. The second-order valence-corrected chi connectivity index (χ2v) is 5.64. The maximum absolute atomic E-state index is 12.2. The summed E-state index contributed by atoms with van der Waals surface area (Å²) in [6.07, 6.45) is 2.48. The third-order valence-corrected chi connectivity index (χ3v) is 4.23. The van der Waals surface area contributed by atoms with Crippen molar-refractivity contribution in [3.63, 3.8) is 0 Å². The number of ketones is 1. The van der Waals surface area contributed by atoms with Gasteiger partial charge in [-0.15, -0.1) is 12.4 Å². The Kier molecular flexibility index (Phi) is 8.06. The van der Waals surface area contributed by atoms with Gasteiger partial charge in [-0.2, -0.15) is 0 Å². The van der Waals surface area contributed by atoms with E-state index in [1.54, 1.807) is 31.4 Å². The predicted octanol–water partition coefficient (Wildman–Crippen LogP) is 2.29. The molecule has 1 N–H and O–H groups in total. The molecule has 128 valence electrons. The van der Waals surface area contributed by atoms with Gasteiger partial charge >= 0.3 is 0 Å². The van der Waals surface area contributed by atoms with Gasteiger partial charge in [-0.05, 0) is 50.2 Å². The van der Waals surface area contributed by atoms with Crippen molar-refractivity contribution in [1.29, 1.82) is 0 Å². The molecule has 1 aliphatic rings. The first-order valence-corrected chi connectivity index (χ1v) is 7.75. The number of nitrogens with one attached hydrogen (secondary N) is 1. The normalized spacial score (nSPS) is 14.7. The van der Waals surface area contributed by atoms with E-state index < -0.39 is 0 Å². The number of carbonyl (C=O) groups is 2. The van der Waals surface area contributed by atoms with Crippen molar-refractivity contribution in [2.75, 3.05) is 27.2 Å². The number of Topliss-reactive ketones (excluding diaryl/α,β-unsaturated/α-hetero) is 1. The van der Waals surface area contributed by atoms with Gasteiger partial charge in [0.2, 0.25) is 5.91 Å². The minimum absolute atomic E-state index is 0. The molecule has 0 spiro atoms. The summed E-state index contributed by atoms with van der Waals surface area (Å²) in [4.78, 5) is 26.1. The van der Waals surface area contributed by atoms with Gasteiger partial charge in [0.15, 0.2) is 5.78 Å². The van der Waals surface area contributed by atoms with E-state index in [-0.39, 0.29) is 36.9 Å². The summed E-state index contributed by atoms with van der Waals surface area (Å²) in [6.45, 7) is 1.90. The molecule has 1 amide bonds. The van der Waals surface area contributed by atoms with Crippen LogP contribution in [-0.4, -0.2) is 49.9 Å². The van der Waals surface area contributed by atoms with Crippen LogP contribution in [0.3, 0.4) is 0 Å². The Bertz CT molecular complexity index is 513. The molecule has 1 heterocycles. The lowest BCUT2D eigenvalue weighted by Crippen LogP contribution is -2.44. The van der Waals surface area contributed by atoms with Crippen molar-refractivity contribution in [1.82, 2.24) is 10.2 Å². The topological polar surface area (TPSA) is 58.6 Å². The highest BCUT2D eigenvalue weighted by Gasteiger charge is 2.22. The molecule has 1 fully saturated rings. The van der Waals surface area contributed by atoms with Crippen molar-refractivity contribution in [3.05, 3.63) is 29.8 Å². The fourth-order valence-electron chi connectivity index (χ4n) is 2.72. The Morgan fingerprint density at radius 3 is 2.35 bits per heavy atom. The molecule has 0 bridgehead atoms. The van der Waals surface area contributed by atoms with E-state index in [1.807, 2.05) is 11.9 Å². The van der Waals surface area contributed by atoms with Gasteiger partial charge in [-0.3, -0.25) is 9.59 Å². The minimum Gasteiger partial charge on any atom is -0.497 e. The van der Waals surface area contributed by atoms with Gasteiger partial charge < -0.3 is 15.0 Å². The Morgan fingerprint density at radius 2 is 1.78 bits per heavy atom. The number of benzene rings is 1. The number of carbonyl (C=O) groups excluding carboxylic acids is 2. The first-order chi connectivity index (χ1) is 10.6. The number of hydrogen-bond donors (Lipinski definition) is 1. The molecular weight excluding hydrogens is 316 g/mol. The fraction of sp³-hybridized carbons (Fsp3) is 0.529. The number of ether oxygens (including phenoxy) is 1. The second kappa shape index (κ2) is 9.53. The predicted molar refractivity (Wildman–Crippen MR) is 92.5 cm³/mol. The van der Waals surface area contributed by atoms with Gasteiger partial charge in [0.25, 0.3) is 0 Å². The maximum atomic E-state index is 12.2. The van der Waals surface area contributed by atoms with Gasteiger partial charge in [-0.25, -0.2) is 0 Å². The minimum atomic E-state index is -0.00489. The van der Waals surface area contributed by atoms with Crippen LogP contribution in [0.2, 0.25) is 0 Å². The maximum Gasteiger partial charge on any atom is 0.223 e. The van der Waals surface area contributed by atoms with Gasteiger partial charge in [0.05, 0.1) is 7.11 Å². The number of amides is 1. The molecule has 0 aliphatic carbocycles. The highest BCUT2D eigenvalue weighted by molar-refractivity contribution is 5.98. The molecule has 1 aliphatic heterocycles. The van der Waals surface area contributed by atoms with E-state index in [0.717, 1.165) is 31.7 Å². The van der Waals surface area contributed by atoms with Crippen LogP contribution < -0.4 is 10.1 Å². The van der Waals surface area contributed by atoms with Crippen LogP contribution in [0.5, 0.6) is 5.75 Å². The zero-order valence-electron chi connectivity index (χ0n) is 13.7. The monoisotopic (exact) mass is 340 g/mol. The van der Waals surface area contributed by atoms with Crippen molar-refractivity contribution >= 4 is 24.1 Å². The SMILES string of the molecule is COc1ccc(C(=O)CCC(=O)N(C)C2CCNCC2)cc1.Cl. The first-order valence-electron chi connectivity index (χ1n) is 7.75. The molecule has 23 heavy (non-hydrogen) atoms. The van der Waals surface area contributed by atoms with E-state index in [1.165, 1.54) is 0 Å². The molecule has 1 saturated heterocycles. The summed E-state index contributed by atoms with van der Waals surface area (Å²) in [6, 6.07) is 7.29. The van der Waals surface area contributed by atoms with Crippen LogP contribution in [0.4, 0.5) is 0 Å². The highest BCUT2D eigenvalue weighted by Crippen LogP contribution is 2.15. The molecule has 1 aromatic rings. The smallest absolute Gasteiger partial charge is 0.223 e. The summed E-state index contributed by atoms with van der Waals surface area (Å²) in [5.74, 6) is 0.766. The van der Waals surface area contributed by atoms with Gasteiger partial charge in [0, 0.05) is 31.5 Å². The van der Waals surface area contributed by atoms with Crippen molar-refractivity contribution in [3.8, 4) is 5.75 Å². The van der Waals surface area contributed by atoms with E-state index in [4.69, 9.17) is 4.74 Å². The lowest BCUT2D eigenvalue weighted by molar-refractivity contribution is -0.132.